The average Bonchev–Trinajstić information content (AvgIpc) is 2.58. The molecule has 1 N–H and O–H groups in total. The van der Waals surface area contributed by atoms with E-state index in [0.717, 1.165) is 25.1 Å². The average molecular weight is 305 g/mol. The molecule has 0 radical (unpaired) electrons. The first kappa shape index (κ1) is 15.3. The van der Waals surface area contributed by atoms with Gasteiger partial charge in [0.25, 0.3) is 0 Å². The molecular formula is C19H19N3O. The number of nitrogens with zero attached hydrogens (tertiary/aromatic N) is 2. The van der Waals surface area contributed by atoms with Gasteiger partial charge in [0.1, 0.15) is 0 Å². The lowest BCUT2D eigenvalue weighted by molar-refractivity contribution is -0.131. The van der Waals surface area contributed by atoms with Crippen LogP contribution >= 0.6 is 0 Å². The molecule has 1 atom stereocenters. The summed E-state index contributed by atoms with van der Waals surface area (Å²) in [4.78, 5) is 14.5. The number of hydrogen-bond donors (Lipinski definition) is 1. The molecule has 4 nitrogen and oxygen atoms in total. The minimum atomic E-state index is -0.0337. The molecule has 3 rings (SSSR count). The van der Waals surface area contributed by atoms with Crippen LogP contribution in [0.1, 0.15) is 23.1 Å². The van der Waals surface area contributed by atoms with E-state index in [1.54, 1.807) is 12.1 Å². The molecule has 0 bridgehead atoms. The van der Waals surface area contributed by atoms with Crippen LogP contribution in [-0.2, 0) is 17.9 Å². The molecule has 0 aliphatic carbocycles. The number of carbonyl (C=O) groups is 1. The van der Waals surface area contributed by atoms with Crippen LogP contribution in [0.5, 0.6) is 0 Å². The number of rotatable bonds is 5. The topological polar surface area (TPSA) is 56.1 Å². The molecule has 1 heterocycles. The van der Waals surface area contributed by atoms with Gasteiger partial charge in [-0.25, -0.2) is 0 Å². The fourth-order valence-electron chi connectivity index (χ4n) is 2.75. The van der Waals surface area contributed by atoms with Gasteiger partial charge in [0.05, 0.1) is 17.7 Å². The summed E-state index contributed by atoms with van der Waals surface area (Å²) in [5.41, 5.74) is 2.87. The number of benzene rings is 2. The second kappa shape index (κ2) is 7.08. The third kappa shape index (κ3) is 3.77. The number of amides is 1. The maximum Gasteiger partial charge on any atom is 0.237 e. The molecule has 2 aromatic rings. The van der Waals surface area contributed by atoms with Crippen LogP contribution in [0, 0.1) is 11.3 Å². The van der Waals surface area contributed by atoms with Gasteiger partial charge in [-0.05, 0) is 29.7 Å². The molecule has 0 saturated carbocycles. The highest BCUT2D eigenvalue weighted by molar-refractivity contribution is 5.82. The minimum absolute atomic E-state index is 0.0337. The van der Waals surface area contributed by atoms with Crippen molar-refractivity contribution in [2.75, 3.05) is 6.54 Å². The van der Waals surface area contributed by atoms with Gasteiger partial charge in [-0.3, -0.25) is 9.69 Å². The molecular weight excluding hydrogens is 286 g/mol. The standard InChI is InChI=1S/C19H19N3O/c20-12-15-6-8-16(9-7-15)13-21-19(23)18-10-11-22(18)14-17-4-2-1-3-5-17/h1-9,18H,10-11,13-14H2,(H,21,23)/t18-/m1/s1. The van der Waals surface area contributed by atoms with E-state index in [1.165, 1.54) is 5.56 Å². The van der Waals surface area contributed by atoms with Crippen LogP contribution in [0.15, 0.2) is 54.6 Å². The molecule has 0 spiro atoms. The van der Waals surface area contributed by atoms with Crippen LogP contribution in [0.2, 0.25) is 0 Å². The Morgan fingerprint density at radius 2 is 1.87 bits per heavy atom. The molecule has 1 amide bonds. The lowest BCUT2D eigenvalue weighted by Crippen LogP contribution is -2.55. The Morgan fingerprint density at radius 1 is 1.13 bits per heavy atom. The largest absolute Gasteiger partial charge is 0.351 e. The Hall–Kier alpha value is -2.64. The van der Waals surface area contributed by atoms with Crippen molar-refractivity contribution in [2.24, 2.45) is 0 Å². The Bertz CT molecular complexity index is 704. The first-order valence-electron chi connectivity index (χ1n) is 7.81. The summed E-state index contributed by atoms with van der Waals surface area (Å²) in [6.07, 6.45) is 0.909. The van der Waals surface area contributed by atoms with E-state index in [-0.39, 0.29) is 11.9 Å². The molecule has 1 fully saturated rings. The Labute approximate surface area is 136 Å². The fraction of sp³-hybridized carbons (Fsp3) is 0.263. The van der Waals surface area contributed by atoms with Crippen molar-refractivity contribution in [3.05, 3.63) is 71.3 Å². The summed E-state index contributed by atoms with van der Waals surface area (Å²) < 4.78 is 0. The number of carbonyl (C=O) groups excluding carboxylic acids is 1. The third-order valence-corrected chi connectivity index (χ3v) is 4.21. The van der Waals surface area contributed by atoms with E-state index in [0.29, 0.717) is 12.1 Å². The third-order valence-electron chi connectivity index (χ3n) is 4.21. The zero-order valence-electron chi connectivity index (χ0n) is 12.9. The second-order valence-corrected chi connectivity index (χ2v) is 5.79. The fourth-order valence-corrected chi connectivity index (χ4v) is 2.75. The maximum atomic E-state index is 12.3. The molecule has 0 unspecified atom stereocenters. The van der Waals surface area contributed by atoms with E-state index in [1.807, 2.05) is 30.3 Å². The van der Waals surface area contributed by atoms with E-state index < -0.39 is 0 Å². The highest BCUT2D eigenvalue weighted by atomic mass is 16.2. The molecule has 0 aromatic heterocycles. The summed E-state index contributed by atoms with van der Waals surface area (Å²) >= 11 is 0. The Kier molecular flexibility index (Phi) is 4.70. The van der Waals surface area contributed by atoms with Crippen molar-refractivity contribution < 1.29 is 4.79 Å². The Morgan fingerprint density at radius 3 is 2.48 bits per heavy atom. The lowest BCUT2D eigenvalue weighted by Gasteiger charge is -2.39. The summed E-state index contributed by atoms with van der Waals surface area (Å²) in [5.74, 6) is 0.0801. The van der Waals surface area contributed by atoms with Gasteiger partial charge in [-0.15, -0.1) is 0 Å². The number of likely N-dealkylation sites (tertiary alicyclic amines) is 1. The monoisotopic (exact) mass is 305 g/mol. The van der Waals surface area contributed by atoms with E-state index in [2.05, 4.69) is 28.4 Å². The van der Waals surface area contributed by atoms with Gasteiger partial charge in [0, 0.05) is 19.6 Å². The van der Waals surface area contributed by atoms with Crippen LogP contribution in [0.3, 0.4) is 0 Å². The highest BCUT2D eigenvalue weighted by Gasteiger charge is 2.33. The molecule has 4 heteroatoms. The predicted molar refractivity (Wildman–Crippen MR) is 88.3 cm³/mol. The smallest absolute Gasteiger partial charge is 0.237 e. The minimum Gasteiger partial charge on any atom is -0.351 e. The maximum absolute atomic E-state index is 12.3. The van der Waals surface area contributed by atoms with Crippen molar-refractivity contribution in [1.29, 1.82) is 5.26 Å². The normalized spacial score (nSPS) is 17.1. The first-order valence-corrected chi connectivity index (χ1v) is 7.81. The van der Waals surface area contributed by atoms with Crippen molar-refractivity contribution in [3.8, 4) is 6.07 Å². The van der Waals surface area contributed by atoms with Gasteiger partial charge in [-0.2, -0.15) is 5.26 Å². The van der Waals surface area contributed by atoms with Crippen molar-refractivity contribution >= 4 is 5.91 Å². The predicted octanol–water partition coefficient (Wildman–Crippen LogP) is 2.45. The van der Waals surface area contributed by atoms with E-state index in [9.17, 15) is 4.79 Å². The quantitative estimate of drug-likeness (QED) is 0.923. The second-order valence-electron chi connectivity index (χ2n) is 5.79. The zero-order chi connectivity index (χ0) is 16.1. The van der Waals surface area contributed by atoms with Gasteiger partial charge >= 0.3 is 0 Å². The first-order chi connectivity index (χ1) is 11.3. The number of nitrogens with one attached hydrogen (secondary N) is 1. The van der Waals surface area contributed by atoms with Crippen LogP contribution in [0.25, 0.3) is 0 Å². The summed E-state index contributed by atoms with van der Waals surface area (Å²) in [7, 11) is 0. The van der Waals surface area contributed by atoms with Gasteiger partial charge in [0.2, 0.25) is 5.91 Å². The summed E-state index contributed by atoms with van der Waals surface area (Å²) in [6.45, 7) is 2.28. The van der Waals surface area contributed by atoms with E-state index >= 15 is 0 Å². The molecule has 23 heavy (non-hydrogen) atoms. The van der Waals surface area contributed by atoms with Crippen LogP contribution in [-0.4, -0.2) is 23.4 Å². The number of hydrogen-bond acceptors (Lipinski definition) is 3. The lowest BCUT2D eigenvalue weighted by atomic mass is 10.0. The molecule has 116 valence electrons. The number of nitriles is 1. The Balaban J connectivity index is 1.51. The van der Waals surface area contributed by atoms with Gasteiger partial charge in [-0.1, -0.05) is 42.5 Å². The zero-order valence-corrected chi connectivity index (χ0v) is 12.9. The van der Waals surface area contributed by atoms with Crippen molar-refractivity contribution in [1.82, 2.24) is 10.2 Å². The van der Waals surface area contributed by atoms with Gasteiger partial charge in [0.15, 0.2) is 0 Å². The van der Waals surface area contributed by atoms with E-state index in [4.69, 9.17) is 5.26 Å². The van der Waals surface area contributed by atoms with Crippen molar-refractivity contribution in [2.45, 2.75) is 25.6 Å². The van der Waals surface area contributed by atoms with Crippen molar-refractivity contribution in [3.63, 3.8) is 0 Å². The summed E-state index contributed by atoms with van der Waals surface area (Å²) in [5, 5.41) is 11.8. The molecule has 1 saturated heterocycles. The molecule has 2 aromatic carbocycles. The van der Waals surface area contributed by atoms with Crippen LogP contribution < -0.4 is 5.32 Å². The highest BCUT2D eigenvalue weighted by Crippen LogP contribution is 2.20. The molecule has 1 aliphatic rings. The SMILES string of the molecule is N#Cc1ccc(CNC(=O)[C@H]2CCN2Cc2ccccc2)cc1. The summed E-state index contributed by atoms with van der Waals surface area (Å²) in [6, 6.07) is 19.6. The van der Waals surface area contributed by atoms with Gasteiger partial charge < -0.3 is 5.32 Å². The molecule has 1 aliphatic heterocycles. The van der Waals surface area contributed by atoms with Crippen LogP contribution in [0.4, 0.5) is 0 Å².